The van der Waals surface area contributed by atoms with Crippen LogP contribution >= 0.6 is 0 Å². The van der Waals surface area contributed by atoms with Crippen LogP contribution < -0.4 is 5.56 Å². The number of nitrogens with zero attached hydrogens (tertiary/aromatic N) is 2. The predicted octanol–water partition coefficient (Wildman–Crippen LogP) is 1.89. The van der Waals surface area contributed by atoms with Crippen molar-refractivity contribution in [1.29, 1.82) is 0 Å². The summed E-state index contributed by atoms with van der Waals surface area (Å²) in [6, 6.07) is 5.50. The molecule has 0 atom stereocenters. The van der Waals surface area contributed by atoms with Crippen LogP contribution in [0, 0.1) is 0 Å². The number of rotatable bonds is 3. The Labute approximate surface area is 130 Å². The minimum atomic E-state index is -1.45. The summed E-state index contributed by atoms with van der Waals surface area (Å²) >= 11 is 0. The second-order valence-corrected chi connectivity index (χ2v) is 5.23. The first kappa shape index (κ1) is 14.8. The van der Waals surface area contributed by atoms with E-state index in [1.54, 1.807) is 23.9 Å². The average Bonchev–Trinajstić information content (AvgIpc) is 2.87. The van der Waals surface area contributed by atoms with Gasteiger partial charge in [-0.15, -0.1) is 0 Å². The number of H-pyrrole nitrogens is 1. The number of nitrogens with one attached hydrogen (secondary N) is 1. The molecule has 3 N–H and O–H groups in total. The molecule has 118 valence electrons. The van der Waals surface area contributed by atoms with E-state index in [0.717, 1.165) is 10.9 Å². The van der Waals surface area contributed by atoms with Crippen LogP contribution in [0.3, 0.4) is 0 Å². The van der Waals surface area contributed by atoms with Crippen LogP contribution in [-0.2, 0) is 13.5 Å². The first-order valence-corrected chi connectivity index (χ1v) is 7.07. The second kappa shape index (κ2) is 5.28. The highest BCUT2D eigenvalue weighted by Crippen LogP contribution is 2.31. The van der Waals surface area contributed by atoms with Crippen LogP contribution in [0.1, 0.15) is 22.8 Å². The maximum Gasteiger partial charge on any atom is 0.345 e. The van der Waals surface area contributed by atoms with E-state index in [9.17, 15) is 14.7 Å². The van der Waals surface area contributed by atoms with E-state index in [1.165, 1.54) is 0 Å². The lowest BCUT2D eigenvalue weighted by Crippen LogP contribution is -2.20. The summed E-state index contributed by atoms with van der Waals surface area (Å²) in [4.78, 5) is 25.7. The van der Waals surface area contributed by atoms with Gasteiger partial charge in [-0.2, -0.15) is 5.10 Å². The third-order valence-electron chi connectivity index (χ3n) is 3.89. The van der Waals surface area contributed by atoms with E-state index in [-0.39, 0.29) is 0 Å². The fourth-order valence-electron chi connectivity index (χ4n) is 2.74. The number of hydrogen-bond donors (Lipinski definition) is 3. The van der Waals surface area contributed by atoms with Crippen LogP contribution in [0.25, 0.3) is 22.2 Å². The van der Waals surface area contributed by atoms with Crippen LogP contribution in [0.15, 0.2) is 29.2 Å². The molecule has 0 aliphatic rings. The fourth-order valence-corrected chi connectivity index (χ4v) is 2.74. The largest absolute Gasteiger partial charge is 0.506 e. The van der Waals surface area contributed by atoms with E-state index < -0.39 is 22.8 Å². The van der Waals surface area contributed by atoms with Gasteiger partial charge in [-0.05, 0) is 24.1 Å². The summed E-state index contributed by atoms with van der Waals surface area (Å²) in [5, 5.41) is 24.3. The minimum absolute atomic E-state index is 0.378. The van der Waals surface area contributed by atoms with Gasteiger partial charge in [0.1, 0.15) is 5.75 Å². The number of aryl methyl sites for hydroxylation is 1. The second-order valence-electron chi connectivity index (χ2n) is 5.23. The van der Waals surface area contributed by atoms with Gasteiger partial charge >= 0.3 is 5.97 Å². The average molecular weight is 313 g/mol. The lowest BCUT2D eigenvalue weighted by Gasteiger charge is -2.12. The molecule has 0 radical (unpaired) electrons. The van der Waals surface area contributed by atoms with Gasteiger partial charge in [0.05, 0.1) is 17.4 Å². The lowest BCUT2D eigenvalue weighted by atomic mass is 10.00. The molecule has 23 heavy (non-hydrogen) atoms. The maximum absolute atomic E-state index is 12.0. The number of aromatic nitrogens is 3. The number of fused-ring (bicyclic) bond motifs is 1. The molecule has 0 bridgehead atoms. The summed E-state index contributed by atoms with van der Waals surface area (Å²) in [6.07, 6.45) is 2.08. The summed E-state index contributed by atoms with van der Waals surface area (Å²) in [5.41, 5.74) is 0.977. The number of aromatic amines is 1. The number of hydrogen-bond acceptors (Lipinski definition) is 4. The van der Waals surface area contributed by atoms with Crippen molar-refractivity contribution in [3.8, 4) is 17.0 Å². The molecule has 3 rings (SSSR count). The third-order valence-corrected chi connectivity index (χ3v) is 3.89. The van der Waals surface area contributed by atoms with Crippen molar-refractivity contribution in [3.63, 3.8) is 0 Å². The highest BCUT2D eigenvalue weighted by Gasteiger charge is 2.21. The van der Waals surface area contributed by atoms with Crippen molar-refractivity contribution in [2.24, 2.45) is 7.05 Å². The fraction of sp³-hybridized carbons (Fsp3) is 0.188. The van der Waals surface area contributed by atoms with Gasteiger partial charge in [0, 0.05) is 18.0 Å². The van der Waals surface area contributed by atoms with E-state index in [4.69, 9.17) is 5.11 Å². The van der Waals surface area contributed by atoms with Gasteiger partial charge in [-0.25, -0.2) is 4.79 Å². The van der Waals surface area contributed by atoms with Gasteiger partial charge in [0.25, 0.3) is 5.56 Å². The SMILES string of the molecule is CCc1c(-c2ccc3c(cnn3C)c2)[nH]c(=O)c(C(=O)O)c1O. The maximum atomic E-state index is 12.0. The summed E-state index contributed by atoms with van der Waals surface area (Å²) in [7, 11) is 1.83. The van der Waals surface area contributed by atoms with Crippen molar-refractivity contribution >= 4 is 16.9 Å². The minimum Gasteiger partial charge on any atom is -0.506 e. The molecule has 0 aliphatic heterocycles. The molecule has 2 aromatic heterocycles. The van der Waals surface area contributed by atoms with E-state index >= 15 is 0 Å². The summed E-state index contributed by atoms with van der Waals surface area (Å²) < 4.78 is 1.73. The Morgan fingerprint density at radius 2 is 2.13 bits per heavy atom. The molecule has 0 unspecified atom stereocenters. The number of pyridine rings is 1. The Kier molecular flexibility index (Phi) is 3.40. The van der Waals surface area contributed by atoms with Crippen LogP contribution in [0.5, 0.6) is 5.75 Å². The monoisotopic (exact) mass is 313 g/mol. The number of carboxylic acid groups (broad SMARTS) is 1. The van der Waals surface area contributed by atoms with E-state index in [1.807, 2.05) is 19.2 Å². The standard InChI is InChI=1S/C16H15N3O4/c1-3-10-13(18-15(21)12(14(10)20)16(22)23)8-4-5-11-9(6-8)7-17-19(11)2/h4-7H,3H2,1-2H3,(H,22,23)(H2,18,20,21). The number of carbonyl (C=O) groups is 1. The molecular formula is C16H15N3O4. The molecular weight excluding hydrogens is 298 g/mol. The van der Waals surface area contributed by atoms with E-state index in [2.05, 4.69) is 10.1 Å². The van der Waals surface area contributed by atoms with Crippen molar-refractivity contribution in [2.45, 2.75) is 13.3 Å². The molecule has 3 aromatic rings. The van der Waals surface area contributed by atoms with Crippen molar-refractivity contribution < 1.29 is 15.0 Å². The molecule has 2 heterocycles. The number of benzene rings is 1. The Hall–Kier alpha value is -3.09. The molecule has 0 saturated carbocycles. The molecule has 0 spiro atoms. The van der Waals surface area contributed by atoms with Gasteiger partial charge in [-0.1, -0.05) is 13.0 Å². The molecule has 0 amide bonds. The number of carboxylic acids is 1. The van der Waals surface area contributed by atoms with Gasteiger partial charge < -0.3 is 15.2 Å². The lowest BCUT2D eigenvalue weighted by molar-refractivity contribution is 0.0691. The quantitative estimate of drug-likeness (QED) is 0.684. The molecule has 1 aromatic carbocycles. The van der Waals surface area contributed by atoms with Crippen LogP contribution in [0.4, 0.5) is 0 Å². The Balaban J connectivity index is 2.29. The first-order chi connectivity index (χ1) is 10.9. The van der Waals surface area contributed by atoms with Crippen molar-refractivity contribution in [2.75, 3.05) is 0 Å². The van der Waals surface area contributed by atoms with Crippen LogP contribution in [-0.4, -0.2) is 30.9 Å². The predicted molar refractivity (Wildman–Crippen MR) is 84.8 cm³/mol. The normalized spacial score (nSPS) is 11.0. The van der Waals surface area contributed by atoms with Crippen LogP contribution in [0.2, 0.25) is 0 Å². The molecule has 7 heteroatoms. The zero-order chi connectivity index (χ0) is 16.7. The van der Waals surface area contributed by atoms with E-state index in [0.29, 0.717) is 23.2 Å². The highest BCUT2D eigenvalue weighted by atomic mass is 16.4. The van der Waals surface area contributed by atoms with Crippen molar-refractivity contribution in [3.05, 3.63) is 45.9 Å². The van der Waals surface area contributed by atoms with Gasteiger partial charge in [0.15, 0.2) is 5.56 Å². The topological polar surface area (TPSA) is 108 Å². The Morgan fingerprint density at radius 3 is 2.78 bits per heavy atom. The molecule has 0 saturated heterocycles. The molecule has 0 fully saturated rings. The Bertz CT molecular complexity index is 985. The summed E-state index contributed by atoms with van der Waals surface area (Å²) in [5.74, 6) is -1.93. The van der Waals surface area contributed by atoms with Gasteiger partial charge in [0.2, 0.25) is 0 Å². The van der Waals surface area contributed by atoms with Crippen molar-refractivity contribution in [1.82, 2.24) is 14.8 Å². The third kappa shape index (κ3) is 2.26. The smallest absolute Gasteiger partial charge is 0.345 e. The first-order valence-electron chi connectivity index (χ1n) is 7.07. The highest BCUT2D eigenvalue weighted by molar-refractivity contribution is 5.92. The molecule has 0 aliphatic carbocycles. The summed E-state index contributed by atoms with van der Waals surface area (Å²) in [6.45, 7) is 1.78. The number of aromatic carboxylic acids is 1. The zero-order valence-electron chi connectivity index (χ0n) is 12.6. The van der Waals surface area contributed by atoms with Gasteiger partial charge in [-0.3, -0.25) is 9.48 Å². The zero-order valence-corrected chi connectivity index (χ0v) is 12.6. The Morgan fingerprint density at radius 1 is 1.39 bits per heavy atom. The number of aromatic hydroxyl groups is 1. The molecule has 7 nitrogen and oxygen atoms in total.